The molecular weight excluding hydrogens is 264 g/mol. The van der Waals surface area contributed by atoms with Gasteiger partial charge in [-0.3, -0.25) is 0 Å². The number of hydrogen-bond donors (Lipinski definition) is 1. The van der Waals surface area contributed by atoms with Crippen molar-refractivity contribution in [2.24, 2.45) is 0 Å². The van der Waals surface area contributed by atoms with Gasteiger partial charge in [-0.15, -0.1) is 0 Å². The zero-order chi connectivity index (χ0) is 14.2. The summed E-state index contributed by atoms with van der Waals surface area (Å²) in [7, 11) is 1.65. The first-order chi connectivity index (χ1) is 10.3. The predicted molar refractivity (Wildman–Crippen MR) is 81.9 cm³/mol. The third-order valence-corrected chi connectivity index (χ3v) is 4.00. The molecule has 1 aliphatic heterocycles. The second-order valence-corrected chi connectivity index (χ2v) is 5.31. The van der Waals surface area contributed by atoms with Gasteiger partial charge in [-0.05, 0) is 23.8 Å². The van der Waals surface area contributed by atoms with Crippen LogP contribution >= 0.6 is 0 Å². The molecule has 4 rings (SSSR count). The zero-order valence-corrected chi connectivity index (χ0v) is 11.8. The fourth-order valence-corrected chi connectivity index (χ4v) is 2.92. The van der Waals surface area contributed by atoms with Crippen molar-refractivity contribution in [1.82, 2.24) is 4.98 Å². The first kappa shape index (κ1) is 12.3. The molecule has 0 spiro atoms. The van der Waals surface area contributed by atoms with E-state index < -0.39 is 0 Å². The lowest BCUT2D eigenvalue weighted by molar-refractivity contribution is 0.414. The molecule has 3 aromatic rings. The summed E-state index contributed by atoms with van der Waals surface area (Å²) < 4.78 is 11.1. The SMILES string of the molecule is COc1ccc2nc(CC3CNc4ccccc43)oc2c1. The Morgan fingerprint density at radius 2 is 2.19 bits per heavy atom. The van der Waals surface area contributed by atoms with Crippen molar-refractivity contribution >= 4 is 16.8 Å². The Bertz CT molecular complexity index is 794. The van der Waals surface area contributed by atoms with Crippen LogP contribution in [0.4, 0.5) is 5.69 Å². The van der Waals surface area contributed by atoms with E-state index in [2.05, 4.69) is 34.6 Å². The number of oxazole rings is 1. The van der Waals surface area contributed by atoms with Crippen LogP contribution in [0.2, 0.25) is 0 Å². The average Bonchev–Trinajstić information content (AvgIpc) is 3.10. The van der Waals surface area contributed by atoms with Gasteiger partial charge in [-0.25, -0.2) is 4.98 Å². The van der Waals surface area contributed by atoms with E-state index in [0.717, 1.165) is 35.7 Å². The van der Waals surface area contributed by atoms with Crippen LogP contribution in [-0.2, 0) is 6.42 Å². The lowest BCUT2D eigenvalue weighted by Gasteiger charge is -2.06. The molecule has 1 N–H and O–H groups in total. The van der Waals surface area contributed by atoms with Gasteiger partial charge >= 0.3 is 0 Å². The van der Waals surface area contributed by atoms with Gasteiger partial charge in [0.25, 0.3) is 0 Å². The highest BCUT2D eigenvalue weighted by Gasteiger charge is 2.23. The number of para-hydroxylation sites is 1. The molecule has 1 aromatic heterocycles. The van der Waals surface area contributed by atoms with Crippen molar-refractivity contribution in [3.8, 4) is 5.75 Å². The molecule has 106 valence electrons. The maximum Gasteiger partial charge on any atom is 0.196 e. The van der Waals surface area contributed by atoms with Gasteiger partial charge in [-0.2, -0.15) is 0 Å². The number of nitrogens with one attached hydrogen (secondary N) is 1. The van der Waals surface area contributed by atoms with E-state index in [0.29, 0.717) is 5.92 Å². The molecule has 2 aromatic carbocycles. The Hall–Kier alpha value is -2.49. The molecule has 1 aliphatic rings. The molecule has 2 heterocycles. The summed E-state index contributed by atoms with van der Waals surface area (Å²) >= 11 is 0. The number of methoxy groups -OCH3 is 1. The first-order valence-electron chi connectivity index (χ1n) is 7.10. The fourth-order valence-electron chi connectivity index (χ4n) is 2.92. The normalized spacial score (nSPS) is 16.7. The van der Waals surface area contributed by atoms with Crippen molar-refractivity contribution in [1.29, 1.82) is 0 Å². The third kappa shape index (κ3) is 2.13. The second kappa shape index (κ2) is 4.81. The minimum atomic E-state index is 0.413. The maximum absolute atomic E-state index is 5.87. The zero-order valence-electron chi connectivity index (χ0n) is 11.8. The van der Waals surface area contributed by atoms with Gasteiger partial charge < -0.3 is 14.5 Å². The lowest BCUT2D eigenvalue weighted by Crippen LogP contribution is -2.05. The molecule has 0 bridgehead atoms. The van der Waals surface area contributed by atoms with Crippen molar-refractivity contribution in [3.05, 3.63) is 53.9 Å². The summed E-state index contributed by atoms with van der Waals surface area (Å²) in [6.07, 6.45) is 0.807. The molecule has 0 aliphatic carbocycles. The number of ether oxygens (including phenoxy) is 1. The van der Waals surface area contributed by atoms with E-state index in [-0.39, 0.29) is 0 Å². The summed E-state index contributed by atoms with van der Waals surface area (Å²) in [6, 6.07) is 14.1. The topological polar surface area (TPSA) is 47.3 Å². The number of rotatable bonds is 3. The highest BCUT2D eigenvalue weighted by atomic mass is 16.5. The summed E-state index contributed by atoms with van der Waals surface area (Å²) in [5.41, 5.74) is 4.23. The van der Waals surface area contributed by atoms with Crippen LogP contribution in [0.3, 0.4) is 0 Å². The van der Waals surface area contributed by atoms with Crippen molar-refractivity contribution in [2.75, 3.05) is 19.0 Å². The number of fused-ring (bicyclic) bond motifs is 2. The standard InChI is InChI=1S/C17H16N2O2/c1-20-12-6-7-15-16(9-12)21-17(19-15)8-11-10-18-14-5-3-2-4-13(11)14/h2-7,9,11,18H,8,10H2,1H3. The van der Waals surface area contributed by atoms with Gasteiger partial charge in [0.05, 0.1) is 7.11 Å². The van der Waals surface area contributed by atoms with Crippen molar-refractivity contribution < 1.29 is 9.15 Å². The maximum atomic E-state index is 5.87. The quantitative estimate of drug-likeness (QED) is 0.796. The smallest absolute Gasteiger partial charge is 0.196 e. The van der Waals surface area contributed by atoms with Crippen LogP contribution in [-0.4, -0.2) is 18.6 Å². The minimum Gasteiger partial charge on any atom is -0.497 e. The first-order valence-corrected chi connectivity index (χ1v) is 7.10. The number of benzene rings is 2. The summed E-state index contributed by atoms with van der Waals surface area (Å²) in [6.45, 7) is 0.932. The summed E-state index contributed by atoms with van der Waals surface area (Å²) in [4.78, 5) is 4.57. The number of hydrogen-bond acceptors (Lipinski definition) is 4. The Morgan fingerprint density at radius 3 is 3.10 bits per heavy atom. The van der Waals surface area contributed by atoms with Crippen molar-refractivity contribution in [3.63, 3.8) is 0 Å². The van der Waals surface area contributed by atoms with Gasteiger partial charge in [0.1, 0.15) is 11.3 Å². The monoisotopic (exact) mass is 280 g/mol. The van der Waals surface area contributed by atoms with Gasteiger partial charge in [0, 0.05) is 30.6 Å². The summed E-state index contributed by atoms with van der Waals surface area (Å²) in [5, 5.41) is 3.43. The van der Waals surface area contributed by atoms with E-state index in [1.165, 1.54) is 11.3 Å². The average molecular weight is 280 g/mol. The van der Waals surface area contributed by atoms with E-state index in [9.17, 15) is 0 Å². The Morgan fingerprint density at radius 1 is 1.29 bits per heavy atom. The van der Waals surface area contributed by atoms with Gasteiger partial charge in [-0.1, -0.05) is 18.2 Å². The number of aromatic nitrogens is 1. The van der Waals surface area contributed by atoms with Crippen LogP contribution in [0.15, 0.2) is 46.9 Å². The van der Waals surface area contributed by atoms with Crippen molar-refractivity contribution in [2.45, 2.75) is 12.3 Å². The van der Waals surface area contributed by atoms with E-state index >= 15 is 0 Å². The molecular formula is C17H16N2O2. The predicted octanol–water partition coefficient (Wildman–Crippen LogP) is 3.59. The van der Waals surface area contributed by atoms with Crippen LogP contribution in [0, 0.1) is 0 Å². The molecule has 21 heavy (non-hydrogen) atoms. The fraction of sp³-hybridized carbons (Fsp3) is 0.235. The second-order valence-electron chi connectivity index (χ2n) is 5.31. The van der Waals surface area contributed by atoms with E-state index in [1.807, 2.05) is 18.2 Å². The highest BCUT2D eigenvalue weighted by Crippen LogP contribution is 2.34. The van der Waals surface area contributed by atoms with Gasteiger partial charge in [0.2, 0.25) is 0 Å². The molecule has 0 saturated carbocycles. The molecule has 0 amide bonds. The Balaban J connectivity index is 1.63. The minimum absolute atomic E-state index is 0.413. The molecule has 0 radical (unpaired) electrons. The van der Waals surface area contributed by atoms with Crippen LogP contribution < -0.4 is 10.1 Å². The molecule has 0 fully saturated rings. The number of nitrogens with zero attached hydrogens (tertiary/aromatic N) is 1. The lowest BCUT2D eigenvalue weighted by atomic mass is 9.98. The summed E-state index contributed by atoms with van der Waals surface area (Å²) in [5.74, 6) is 1.98. The molecule has 0 saturated heterocycles. The highest BCUT2D eigenvalue weighted by molar-refractivity contribution is 5.74. The number of anilines is 1. The van der Waals surface area contributed by atoms with Crippen LogP contribution in [0.25, 0.3) is 11.1 Å². The van der Waals surface area contributed by atoms with Gasteiger partial charge in [0.15, 0.2) is 11.5 Å². The largest absolute Gasteiger partial charge is 0.497 e. The Labute approximate surface area is 122 Å². The van der Waals surface area contributed by atoms with E-state index in [4.69, 9.17) is 9.15 Å². The Kier molecular flexibility index (Phi) is 2.81. The molecule has 4 heteroatoms. The molecule has 4 nitrogen and oxygen atoms in total. The molecule has 1 atom stereocenters. The molecule has 1 unspecified atom stereocenters. The van der Waals surface area contributed by atoms with E-state index in [1.54, 1.807) is 7.11 Å². The van der Waals surface area contributed by atoms with Crippen LogP contribution in [0.5, 0.6) is 5.75 Å². The third-order valence-electron chi connectivity index (χ3n) is 4.00. The van der Waals surface area contributed by atoms with Crippen LogP contribution in [0.1, 0.15) is 17.4 Å².